The fraction of sp³-hybridized carbons (Fsp3) is 0.185. The Bertz CT molecular complexity index is 1650. The second-order valence-electron chi connectivity index (χ2n) is 8.81. The van der Waals surface area contributed by atoms with Gasteiger partial charge in [-0.2, -0.15) is 26.3 Å². The Morgan fingerprint density at radius 1 is 0.949 bits per heavy atom. The number of nitrogens with zero attached hydrogens (tertiary/aromatic N) is 1. The van der Waals surface area contributed by atoms with Crippen molar-refractivity contribution in [3.05, 3.63) is 98.3 Å². The van der Waals surface area contributed by atoms with Gasteiger partial charge in [-0.3, -0.25) is 9.59 Å². The topological polar surface area (TPSA) is 60.3 Å². The SMILES string of the molecule is O=C(NCc1cc(C(F)(F)F)cc(C(F)(F)F)c1)c1c(-c2cccc(Cl)c2)c2cccc3c2n(c1=O)CCO3. The number of aromatic nitrogens is 1. The fourth-order valence-electron chi connectivity index (χ4n) is 4.60. The second-order valence-corrected chi connectivity index (χ2v) is 9.25. The van der Waals surface area contributed by atoms with Crippen LogP contribution in [0.1, 0.15) is 27.0 Å². The fourth-order valence-corrected chi connectivity index (χ4v) is 4.79. The van der Waals surface area contributed by atoms with Gasteiger partial charge in [0.05, 0.1) is 23.2 Å². The molecular formula is C27H17ClF6N2O3. The van der Waals surface area contributed by atoms with Crippen molar-refractivity contribution in [2.24, 2.45) is 0 Å². The Balaban J connectivity index is 1.63. The van der Waals surface area contributed by atoms with Crippen LogP contribution < -0.4 is 15.6 Å². The first-order valence-corrected chi connectivity index (χ1v) is 11.9. The molecule has 1 aromatic heterocycles. The van der Waals surface area contributed by atoms with Gasteiger partial charge >= 0.3 is 12.4 Å². The number of alkyl halides is 6. The monoisotopic (exact) mass is 566 g/mol. The summed E-state index contributed by atoms with van der Waals surface area (Å²) in [5.74, 6) is -0.543. The summed E-state index contributed by atoms with van der Waals surface area (Å²) in [5.41, 5.74) is -3.40. The van der Waals surface area contributed by atoms with E-state index in [1.54, 1.807) is 42.5 Å². The molecule has 1 aliphatic heterocycles. The Kier molecular flexibility index (Phi) is 6.58. The molecule has 12 heteroatoms. The smallest absolute Gasteiger partial charge is 0.416 e. The third-order valence-corrected chi connectivity index (χ3v) is 6.50. The van der Waals surface area contributed by atoms with Gasteiger partial charge in [-0.05, 0) is 47.5 Å². The Morgan fingerprint density at radius 3 is 2.26 bits per heavy atom. The standard InChI is InChI=1S/C27H17ClF6N2O3/c28-18-4-1-3-15(11-18)21-19-5-2-6-20-23(19)36(7-8-39-20)25(38)22(21)24(37)35-13-14-9-16(26(29,30)31)12-17(10-14)27(32,33)34/h1-6,9-12H,7-8,13H2,(H,35,37). The number of carbonyl (C=O) groups is 1. The van der Waals surface area contributed by atoms with Crippen molar-refractivity contribution >= 4 is 28.4 Å². The zero-order valence-corrected chi connectivity index (χ0v) is 20.5. The summed E-state index contributed by atoms with van der Waals surface area (Å²) in [6.45, 7) is -0.402. The molecule has 3 aromatic carbocycles. The van der Waals surface area contributed by atoms with E-state index in [1.165, 1.54) is 4.57 Å². The molecule has 39 heavy (non-hydrogen) atoms. The average molecular weight is 567 g/mol. The predicted molar refractivity (Wildman–Crippen MR) is 132 cm³/mol. The Morgan fingerprint density at radius 2 is 1.62 bits per heavy atom. The van der Waals surface area contributed by atoms with Gasteiger partial charge in [0, 0.05) is 22.5 Å². The van der Waals surface area contributed by atoms with Gasteiger partial charge in [0.15, 0.2) is 0 Å². The molecule has 1 N–H and O–H groups in total. The summed E-state index contributed by atoms with van der Waals surface area (Å²) in [6.07, 6.45) is -10.1. The van der Waals surface area contributed by atoms with E-state index < -0.39 is 47.1 Å². The molecule has 0 saturated heterocycles. The van der Waals surface area contributed by atoms with Gasteiger partial charge in [-0.1, -0.05) is 35.9 Å². The molecule has 1 aliphatic rings. The van der Waals surface area contributed by atoms with Crippen LogP contribution in [0.2, 0.25) is 5.02 Å². The maximum absolute atomic E-state index is 13.6. The summed E-state index contributed by atoms with van der Waals surface area (Å²) < 4.78 is 86.7. The molecular weight excluding hydrogens is 550 g/mol. The van der Waals surface area contributed by atoms with Crippen molar-refractivity contribution in [3.8, 4) is 16.9 Å². The number of hydrogen-bond acceptors (Lipinski definition) is 3. The molecule has 5 nitrogen and oxygen atoms in total. The molecule has 0 aliphatic carbocycles. The van der Waals surface area contributed by atoms with Crippen LogP contribution in [-0.2, 0) is 25.4 Å². The zero-order valence-electron chi connectivity index (χ0n) is 19.7. The molecule has 0 spiro atoms. The van der Waals surface area contributed by atoms with Crippen molar-refractivity contribution in [2.45, 2.75) is 25.4 Å². The molecule has 1 amide bonds. The predicted octanol–water partition coefficient (Wildman–Crippen LogP) is 6.68. The van der Waals surface area contributed by atoms with E-state index in [1.807, 2.05) is 0 Å². The van der Waals surface area contributed by atoms with Crippen molar-refractivity contribution in [3.63, 3.8) is 0 Å². The highest BCUT2D eigenvalue weighted by Gasteiger charge is 2.37. The number of pyridine rings is 1. The lowest BCUT2D eigenvalue weighted by molar-refractivity contribution is -0.143. The van der Waals surface area contributed by atoms with Crippen LogP contribution in [0, 0.1) is 0 Å². The molecule has 0 bridgehead atoms. The highest BCUT2D eigenvalue weighted by Crippen LogP contribution is 2.38. The molecule has 0 unspecified atom stereocenters. The summed E-state index contributed by atoms with van der Waals surface area (Å²) in [4.78, 5) is 27.1. The summed E-state index contributed by atoms with van der Waals surface area (Å²) in [7, 11) is 0. The van der Waals surface area contributed by atoms with E-state index in [9.17, 15) is 35.9 Å². The lowest BCUT2D eigenvalue weighted by Crippen LogP contribution is -2.36. The van der Waals surface area contributed by atoms with Crippen LogP contribution in [0.25, 0.3) is 22.0 Å². The van der Waals surface area contributed by atoms with E-state index in [0.717, 1.165) is 0 Å². The number of halogens is 7. The lowest BCUT2D eigenvalue weighted by atomic mass is 9.94. The van der Waals surface area contributed by atoms with E-state index >= 15 is 0 Å². The minimum Gasteiger partial charge on any atom is -0.490 e. The number of rotatable bonds is 4. The normalized spacial score (nSPS) is 13.3. The third-order valence-electron chi connectivity index (χ3n) is 6.26. The molecule has 2 heterocycles. The highest BCUT2D eigenvalue weighted by molar-refractivity contribution is 6.31. The lowest BCUT2D eigenvalue weighted by Gasteiger charge is -2.23. The van der Waals surface area contributed by atoms with Gasteiger partial charge in [0.1, 0.15) is 17.9 Å². The van der Waals surface area contributed by atoms with Crippen LogP contribution in [-0.4, -0.2) is 17.1 Å². The van der Waals surface area contributed by atoms with Crippen LogP contribution >= 0.6 is 11.6 Å². The maximum Gasteiger partial charge on any atom is 0.416 e. The average Bonchev–Trinajstić information content (AvgIpc) is 2.88. The summed E-state index contributed by atoms with van der Waals surface area (Å²) in [6, 6.07) is 12.5. The number of benzene rings is 3. The number of carbonyl (C=O) groups excluding carboxylic acids is 1. The molecule has 202 valence electrons. The maximum atomic E-state index is 13.6. The largest absolute Gasteiger partial charge is 0.490 e. The first kappa shape index (κ1) is 26.6. The Hall–Kier alpha value is -3.99. The van der Waals surface area contributed by atoms with Crippen LogP contribution in [0.4, 0.5) is 26.3 Å². The summed E-state index contributed by atoms with van der Waals surface area (Å²) in [5, 5.41) is 3.14. The van der Waals surface area contributed by atoms with Crippen molar-refractivity contribution in [1.29, 1.82) is 0 Å². The van der Waals surface area contributed by atoms with Crippen LogP contribution in [0.5, 0.6) is 5.75 Å². The zero-order chi connectivity index (χ0) is 28.1. The molecule has 5 rings (SSSR count). The second kappa shape index (κ2) is 9.64. The summed E-state index contributed by atoms with van der Waals surface area (Å²) >= 11 is 6.17. The number of hydrogen-bond donors (Lipinski definition) is 1. The molecule has 0 radical (unpaired) electrons. The third kappa shape index (κ3) is 5.06. The number of amides is 1. The van der Waals surface area contributed by atoms with Crippen molar-refractivity contribution in [1.82, 2.24) is 9.88 Å². The van der Waals surface area contributed by atoms with Gasteiger partial charge in [-0.25, -0.2) is 0 Å². The van der Waals surface area contributed by atoms with Crippen molar-refractivity contribution in [2.75, 3.05) is 6.61 Å². The van der Waals surface area contributed by atoms with Crippen molar-refractivity contribution < 1.29 is 35.9 Å². The van der Waals surface area contributed by atoms with Gasteiger partial charge in [-0.15, -0.1) is 0 Å². The van der Waals surface area contributed by atoms with E-state index in [4.69, 9.17) is 16.3 Å². The molecule has 4 aromatic rings. The first-order chi connectivity index (χ1) is 18.3. The van der Waals surface area contributed by atoms with Gasteiger partial charge in [0.25, 0.3) is 11.5 Å². The highest BCUT2D eigenvalue weighted by atomic mass is 35.5. The van der Waals surface area contributed by atoms with Crippen LogP contribution in [0.3, 0.4) is 0 Å². The first-order valence-electron chi connectivity index (χ1n) is 11.5. The minimum absolute atomic E-state index is 0.00268. The van der Waals surface area contributed by atoms with Gasteiger partial charge < -0.3 is 14.6 Å². The van der Waals surface area contributed by atoms with Crippen LogP contribution in [0.15, 0.2) is 65.5 Å². The Labute approximate surface area is 221 Å². The minimum atomic E-state index is -5.04. The number of nitrogens with one attached hydrogen (secondary N) is 1. The quantitative estimate of drug-likeness (QED) is 0.280. The van der Waals surface area contributed by atoms with E-state index in [-0.39, 0.29) is 30.3 Å². The molecule has 0 atom stereocenters. The van der Waals surface area contributed by atoms with E-state index in [0.29, 0.717) is 39.4 Å². The van der Waals surface area contributed by atoms with Gasteiger partial charge in [0.2, 0.25) is 0 Å². The molecule has 0 fully saturated rings. The number of ether oxygens (including phenoxy) is 1. The number of para-hydroxylation sites is 1. The molecule has 0 saturated carbocycles. The van der Waals surface area contributed by atoms with E-state index in [2.05, 4.69) is 5.32 Å².